The molecule has 0 radical (unpaired) electrons. The number of hydrogen-bond donors (Lipinski definition) is 1. The molecule has 1 spiro atoms. The lowest BCUT2D eigenvalue weighted by Crippen LogP contribution is -2.58. The second-order valence-corrected chi connectivity index (χ2v) is 7.04. The van der Waals surface area contributed by atoms with E-state index in [0.29, 0.717) is 6.54 Å². The van der Waals surface area contributed by atoms with Crippen LogP contribution in [0, 0.1) is 0 Å². The molecule has 1 atom stereocenters. The minimum absolute atomic E-state index is 0.234. The van der Waals surface area contributed by atoms with Gasteiger partial charge in [-0.15, -0.1) is 0 Å². The van der Waals surface area contributed by atoms with Gasteiger partial charge in [-0.25, -0.2) is 4.79 Å². The second kappa shape index (κ2) is 5.05. The van der Waals surface area contributed by atoms with Crippen molar-refractivity contribution >= 4 is 6.09 Å². The van der Waals surface area contributed by atoms with Gasteiger partial charge in [-0.2, -0.15) is 0 Å². The SMILES string of the molecule is CC(C)(C)OC(=O)N1CCCC2(C1)NCCc1ccoc12. The molecule has 0 saturated carbocycles. The van der Waals surface area contributed by atoms with Crippen LogP contribution in [0.5, 0.6) is 0 Å². The highest BCUT2D eigenvalue weighted by Gasteiger charge is 2.44. The van der Waals surface area contributed by atoms with E-state index in [1.54, 1.807) is 11.2 Å². The van der Waals surface area contributed by atoms with Gasteiger partial charge < -0.3 is 19.4 Å². The fourth-order valence-corrected chi connectivity index (χ4v) is 3.34. The Morgan fingerprint density at radius 2 is 2.29 bits per heavy atom. The van der Waals surface area contributed by atoms with E-state index in [-0.39, 0.29) is 11.6 Å². The first-order valence-corrected chi connectivity index (χ1v) is 7.69. The number of likely N-dealkylation sites (tertiary alicyclic amines) is 1. The van der Waals surface area contributed by atoms with Crippen LogP contribution < -0.4 is 5.32 Å². The molecule has 5 nitrogen and oxygen atoms in total. The van der Waals surface area contributed by atoms with E-state index in [4.69, 9.17) is 9.15 Å². The topological polar surface area (TPSA) is 54.7 Å². The summed E-state index contributed by atoms with van der Waals surface area (Å²) < 4.78 is 11.2. The Morgan fingerprint density at radius 1 is 1.48 bits per heavy atom. The van der Waals surface area contributed by atoms with Crippen molar-refractivity contribution in [2.45, 2.75) is 51.2 Å². The van der Waals surface area contributed by atoms with Gasteiger partial charge in [0.1, 0.15) is 11.4 Å². The van der Waals surface area contributed by atoms with Crippen LogP contribution in [0.25, 0.3) is 0 Å². The number of rotatable bonds is 0. The Balaban J connectivity index is 1.80. The van der Waals surface area contributed by atoms with Gasteiger partial charge in [0.25, 0.3) is 0 Å². The molecule has 1 aromatic heterocycles. The van der Waals surface area contributed by atoms with Crippen molar-refractivity contribution < 1.29 is 13.9 Å². The predicted molar refractivity (Wildman–Crippen MR) is 79.1 cm³/mol. The largest absolute Gasteiger partial charge is 0.467 e. The first kappa shape index (κ1) is 14.4. The molecule has 1 fully saturated rings. The van der Waals surface area contributed by atoms with E-state index in [2.05, 4.69) is 5.32 Å². The van der Waals surface area contributed by atoms with Crippen LogP contribution in [0.1, 0.15) is 44.9 Å². The first-order valence-electron chi connectivity index (χ1n) is 7.69. The number of carbonyl (C=O) groups excluding carboxylic acids is 1. The maximum Gasteiger partial charge on any atom is 0.410 e. The maximum absolute atomic E-state index is 12.3. The van der Waals surface area contributed by atoms with Crippen molar-refractivity contribution in [3.63, 3.8) is 0 Å². The summed E-state index contributed by atoms with van der Waals surface area (Å²) in [6, 6.07) is 2.05. The molecule has 0 aliphatic carbocycles. The minimum Gasteiger partial charge on any atom is -0.467 e. The lowest BCUT2D eigenvalue weighted by molar-refractivity contribution is 0.00722. The zero-order valence-corrected chi connectivity index (χ0v) is 13.1. The third kappa shape index (κ3) is 2.79. The van der Waals surface area contributed by atoms with Crippen molar-refractivity contribution in [1.82, 2.24) is 10.2 Å². The number of furan rings is 1. The van der Waals surface area contributed by atoms with Crippen molar-refractivity contribution in [2.24, 2.45) is 0 Å². The summed E-state index contributed by atoms with van der Waals surface area (Å²) in [5.74, 6) is 1.00. The number of nitrogens with zero attached hydrogens (tertiary/aromatic N) is 1. The molecule has 1 saturated heterocycles. The van der Waals surface area contributed by atoms with Gasteiger partial charge in [0.2, 0.25) is 0 Å². The minimum atomic E-state index is -0.461. The van der Waals surface area contributed by atoms with Crippen molar-refractivity contribution in [1.29, 1.82) is 0 Å². The monoisotopic (exact) mass is 292 g/mol. The Labute approximate surface area is 125 Å². The van der Waals surface area contributed by atoms with Crippen LogP contribution in [0.2, 0.25) is 0 Å². The number of carbonyl (C=O) groups is 1. The van der Waals surface area contributed by atoms with Gasteiger partial charge in [-0.05, 0) is 51.7 Å². The highest BCUT2D eigenvalue weighted by Crippen LogP contribution is 2.37. The van der Waals surface area contributed by atoms with Crippen molar-refractivity contribution in [2.75, 3.05) is 19.6 Å². The number of fused-ring (bicyclic) bond motifs is 2. The molecule has 1 amide bonds. The van der Waals surface area contributed by atoms with Gasteiger partial charge in [0.05, 0.1) is 11.8 Å². The summed E-state index contributed by atoms with van der Waals surface area (Å²) in [7, 11) is 0. The quantitative estimate of drug-likeness (QED) is 0.798. The Bertz CT molecular complexity index is 532. The lowest BCUT2D eigenvalue weighted by atomic mass is 9.82. The molecule has 2 aliphatic rings. The fraction of sp³-hybridized carbons (Fsp3) is 0.688. The molecule has 0 bridgehead atoms. The predicted octanol–water partition coefficient (Wildman–Crippen LogP) is 2.65. The molecule has 1 aromatic rings. The number of hydrogen-bond acceptors (Lipinski definition) is 4. The van der Waals surface area contributed by atoms with Crippen LogP contribution in [-0.4, -0.2) is 36.2 Å². The van der Waals surface area contributed by atoms with E-state index in [9.17, 15) is 4.79 Å². The Kier molecular flexibility index (Phi) is 3.48. The average molecular weight is 292 g/mol. The number of nitrogens with one attached hydrogen (secondary N) is 1. The molecule has 2 aliphatic heterocycles. The van der Waals surface area contributed by atoms with Gasteiger partial charge in [-0.1, -0.05) is 0 Å². The molecule has 3 rings (SSSR count). The summed E-state index contributed by atoms with van der Waals surface area (Å²) in [6.45, 7) is 7.97. The summed E-state index contributed by atoms with van der Waals surface area (Å²) in [4.78, 5) is 14.1. The van der Waals surface area contributed by atoms with Crippen molar-refractivity contribution in [3.8, 4) is 0 Å². The van der Waals surface area contributed by atoms with Crippen LogP contribution in [0.3, 0.4) is 0 Å². The van der Waals surface area contributed by atoms with E-state index < -0.39 is 5.60 Å². The normalized spacial score (nSPS) is 25.8. The summed E-state index contributed by atoms with van der Waals surface area (Å²) >= 11 is 0. The zero-order chi connectivity index (χ0) is 15.1. The standard InChI is InChI=1S/C16H24N2O3/c1-15(2,3)21-14(19)18-9-4-7-16(11-18)13-12(5-8-17-16)6-10-20-13/h6,10,17H,4-5,7-9,11H2,1-3H3. The van der Waals surface area contributed by atoms with Crippen LogP contribution >= 0.6 is 0 Å². The molecule has 21 heavy (non-hydrogen) atoms. The molecule has 1 unspecified atom stereocenters. The number of amides is 1. The van der Waals surface area contributed by atoms with E-state index in [1.165, 1.54) is 5.56 Å². The third-order valence-electron chi connectivity index (χ3n) is 4.18. The smallest absolute Gasteiger partial charge is 0.410 e. The first-order chi connectivity index (χ1) is 9.90. The van der Waals surface area contributed by atoms with Gasteiger partial charge >= 0.3 is 6.09 Å². The Hall–Kier alpha value is -1.49. The van der Waals surface area contributed by atoms with Crippen LogP contribution in [-0.2, 0) is 16.7 Å². The number of ether oxygens (including phenoxy) is 1. The molecule has 3 heterocycles. The van der Waals surface area contributed by atoms with Crippen molar-refractivity contribution in [3.05, 3.63) is 23.7 Å². The summed E-state index contributed by atoms with van der Waals surface area (Å²) in [5, 5.41) is 3.58. The van der Waals surface area contributed by atoms with E-state index in [1.807, 2.05) is 26.8 Å². The van der Waals surface area contributed by atoms with Crippen LogP contribution in [0.15, 0.2) is 16.7 Å². The molecule has 116 valence electrons. The average Bonchev–Trinajstić information content (AvgIpc) is 2.87. The third-order valence-corrected chi connectivity index (χ3v) is 4.18. The number of piperidine rings is 1. The lowest BCUT2D eigenvalue weighted by Gasteiger charge is -2.44. The van der Waals surface area contributed by atoms with Gasteiger partial charge in [0, 0.05) is 19.6 Å². The fourth-order valence-electron chi connectivity index (χ4n) is 3.34. The molecule has 0 aromatic carbocycles. The summed E-state index contributed by atoms with van der Waals surface area (Å²) in [5.41, 5.74) is 0.559. The molecule has 5 heteroatoms. The maximum atomic E-state index is 12.3. The van der Waals surface area contributed by atoms with E-state index >= 15 is 0 Å². The highest BCUT2D eigenvalue weighted by molar-refractivity contribution is 5.68. The van der Waals surface area contributed by atoms with Gasteiger partial charge in [0.15, 0.2) is 0 Å². The van der Waals surface area contributed by atoms with Crippen LogP contribution in [0.4, 0.5) is 4.79 Å². The highest BCUT2D eigenvalue weighted by atomic mass is 16.6. The molecule has 1 N–H and O–H groups in total. The zero-order valence-electron chi connectivity index (χ0n) is 13.1. The van der Waals surface area contributed by atoms with E-state index in [0.717, 1.165) is 38.1 Å². The van der Waals surface area contributed by atoms with Gasteiger partial charge in [-0.3, -0.25) is 0 Å². The summed E-state index contributed by atoms with van der Waals surface area (Å²) in [6.07, 6.45) is 4.45. The second-order valence-electron chi connectivity index (χ2n) is 7.04. The molecular formula is C16H24N2O3. The molecular weight excluding hydrogens is 268 g/mol. The Morgan fingerprint density at radius 3 is 3.05 bits per heavy atom.